The molecule has 0 radical (unpaired) electrons. The van der Waals surface area contributed by atoms with E-state index in [1.165, 1.54) is 27.6 Å². The maximum absolute atomic E-state index is 12.4. The van der Waals surface area contributed by atoms with E-state index in [9.17, 15) is 14.4 Å². The summed E-state index contributed by atoms with van der Waals surface area (Å²) in [5.41, 5.74) is 1.01. The first kappa shape index (κ1) is 17.6. The lowest BCUT2D eigenvalue weighted by atomic mass is 10.1. The summed E-state index contributed by atoms with van der Waals surface area (Å²) < 4.78 is 5.13. The molecule has 2 aromatic rings. The average molecular weight is 378 g/mol. The van der Waals surface area contributed by atoms with Crippen LogP contribution in [0.1, 0.15) is 30.1 Å². The van der Waals surface area contributed by atoms with Crippen molar-refractivity contribution in [2.75, 3.05) is 25.0 Å². The van der Waals surface area contributed by atoms with Crippen molar-refractivity contribution in [2.45, 2.75) is 19.8 Å². The van der Waals surface area contributed by atoms with E-state index in [0.29, 0.717) is 29.2 Å². The molecule has 1 aliphatic heterocycles. The maximum Gasteiger partial charge on any atom is 0.341 e. The van der Waals surface area contributed by atoms with Crippen LogP contribution in [-0.2, 0) is 14.3 Å². The number of nitrogens with one attached hydrogen (secondary N) is 1. The fraction of sp³-hybridized carbons (Fsp3) is 0.353. The third kappa shape index (κ3) is 3.74. The first-order chi connectivity index (χ1) is 12.1. The molecule has 1 saturated heterocycles. The van der Waals surface area contributed by atoms with Gasteiger partial charge in [0.15, 0.2) is 0 Å². The lowest BCUT2D eigenvalue weighted by molar-refractivity contribution is -0.142. The van der Waals surface area contributed by atoms with Gasteiger partial charge in [0.1, 0.15) is 10.6 Å². The SMILES string of the molecule is CCOC(=O)c1c(-c2cccs2)csc1NC(=O)C(=O)N1CCCC1. The molecule has 0 aromatic carbocycles. The van der Waals surface area contributed by atoms with E-state index in [0.717, 1.165) is 17.7 Å². The van der Waals surface area contributed by atoms with E-state index in [1.54, 1.807) is 12.3 Å². The summed E-state index contributed by atoms with van der Waals surface area (Å²) in [7, 11) is 0. The van der Waals surface area contributed by atoms with E-state index >= 15 is 0 Å². The fourth-order valence-electron chi connectivity index (χ4n) is 2.69. The number of esters is 1. The van der Waals surface area contributed by atoms with Crippen molar-refractivity contribution in [3.8, 4) is 10.4 Å². The first-order valence-electron chi connectivity index (χ1n) is 8.04. The second-order valence-corrected chi connectivity index (χ2v) is 7.33. The van der Waals surface area contributed by atoms with E-state index in [2.05, 4.69) is 5.32 Å². The maximum atomic E-state index is 12.4. The fourth-order valence-corrected chi connectivity index (χ4v) is 4.46. The number of likely N-dealkylation sites (tertiary alicyclic amines) is 1. The molecule has 3 heterocycles. The van der Waals surface area contributed by atoms with Crippen LogP contribution < -0.4 is 5.32 Å². The van der Waals surface area contributed by atoms with Crippen LogP contribution in [0.2, 0.25) is 0 Å². The van der Waals surface area contributed by atoms with Crippen molar-refractivity contribution >= 4 is 45.5 Å². The summed E-state index contributed by atoms with van der Waals surface area (Å²) in [5.74, 6) is -1.78. The van der Waals surface area contributed by atoms with Crippen molar-refractivity contribution < 1.29 is 19.1 Å². The quantitative estimate of drug-likeness (QED) is 0.655. The Morgan fingerprint density at radius 1 is 1.24 bits per heavy atom. The number of carbonyl (C=O) groups is 3. The molecule has 0 saturated carbocycles. The Hall–Kier alpha value is -2.19. The van der Waals surface area contributed by atoms with Crippen molar-refractivity contribution in [3.63, 3.8) is 0 Å². The van der Waals surface area contributed by atoms with Gasteiger partial charge in [-0.1, -0.05) is 6.07 Å². The minimum Gasteiger partial charge on any atom is -0.462 e. The Bertz CT molecular complexity index is 777. The van der Waals surface area contributed by atoms with E-state index in [4.69, 9.17) is 4.74 Å². The van der Waals surface area contributed by atoms with Gasteiger partial charge in [-0.2, -0.15) is 0 Å². The molecule has 0 bridgehead atoms. The second kappa shape index (κ2) is 7.79. The lowest BCUT2D eigenvalue weighted by Gasteiger charge is -2.14. The Balaban J connectivity index is 1.86. The Morgan fingerprint density at radius 2 is 2.00 bits per heavy atom. The second-order valence-electron chi connectivity index (χ2n) is 5.50. The summed E-state index contributed by atoms with van der Waals surface area (Å²) in [6, 6.07) is 3.79. The number of amides is 2. The largest absolute Gasteiger partial charge is 0.462 e. The van der Waals surface area contributed by atoms with Crippen LogP contribution in [0.25, 0.3) is 10.4 Å². The van der Waals surface area contributed by atoms with E-state index in [1.807, 2.05) is 17.5 Å². The van der Waals surface area contributed by atoms with Crippen LogP contribution in [0.4, 0.5) is 5.00 Å². The highest BCUT2D eigenvalue weighted by atomic mass is 32.1. The smallest absolute Gasteiger partial charge is 0.341 e. The number of hydrogen-bond acceptors (Lipinski definition) is 6. The molecule has 3 rings (SSSR count). The highest BCUT2D eigenvalue weighted by Crippen LogP contribution is 2.38. The monoisotopic (exact) mass is 378 g/mol. The van der Waals surface area contributed by atoms with Crippen LogP contribution >= 0.6 is 22.7 Å². The van der Waals surface area contributed by atoms with Crippen LogP contribution in [0, 0.1) is 0 Å². The third-order valence-corrected chi connectivity index (χ3v) is 5.67. The van der Waals surface area contributed by atoms with E-state index in [-0.39, 0.29) is 6.61 Å². The van der Waals surface area contributed by atoms with Gasteiger partial charge >= 0.3 is 17.8 Å². The van der Waals surface area contributed by atoms with Gasteiger partial charge in [0.2, 0.25) is 0 Å². The molecule has 0 unspecified atom stereocenters. The molecule has 1 aliphatic rings. The zero-order valence-electron chi connectivity index (χ0n) is 13.7. The molecule has 1 fully saturated rings. The van der Waals surface area contributed by atoms with Crippen molar-refractivity contribution in [3.05, 3.63) is 28.5 Å². The summed E-state index contributed by atoms with van der Waals surface area (Å²) in [6.07, 6.45) is 1.82. The van der Waals surface area contributed by atoms with Gasteiger partial charge in [-0.15, -0.1) is 22.7 Å². The number of thiophene rings is 2. The van der Waals surface area contributed by atoms with Gasteiger partial charge in [-0.25, -0.2) is 4.79 Å². The van der Waals surface area contributed by atoms with Crippen LogP contribution in [-0.4, -0.2) is 42.4 Å². The Labute approximate surface area is 153 Å². The minimum atomic E-state index is -0.716. The number of ether oxygens (including phenoxy) is 1. The predicted octanol–water partition coefficient (Wildman–Crippen LogP) is 3.21. The molecule has 6 nitrogen and oxygen atoms in total. The van der Waals surface area contributed by atoms with Crippen molar-refractivity contribution in [1.29, 1.82) is 0 Å². The van der Waals surface area contributed by atoms with Crippen LogP contribution in [0.5, 0.6) is 0 Å². The van der Waals surface area contributed by atoms with Gasteiger partial charge < -0.3 is 15.0 Å². The number of hydrogen-bond donors (Lipinski definition) is 1. The van der Waals surface area contributed by atoms with Crippen LogP contribution in [0.3, 0.4) is 0 Å². The minimum absolute atomic E-state index is 0.235. The number of anilines is 1. The standard InChI is InChI=1S/C17H18N2O4S2/c1-2-23-17(22)13-11(12-6-5-9-24-12)10-25-15(13)18-14(20)16(21)19-7-3-4-8-19/h5-6,9-10H,2-4,7-8H2,1H3,(H,18,20). The molecule has 1 N–H and O–H groups in total. The Kier molecular flexibility index (Phi) is 5.50. The summed E-state index contributed by atoms with van der Waals surface area (Å²) in [4.78, 5) is 39.3. The van der Waals surface area contributed by atoms with Crippen LogP contribution in [0.15, 0.2) is 22.9 Å². The zero-order chi connectivity index (χ0) is 17.8. The molecule has 25 heavy (non-hydrogen) atoms. The molecule has 0 spiro atoms. The molecular formula is C17H18N2O4S2. The van der Waals surface area contributed by atoms with Gasteiger partial charge in [0, 0.05) is 28.9 Å². The van der Waals surface area contributed by atoms with Gasteiger partial charge in [-0.05, 0) is 31.2 Å². The highest BCUT2D eigenvalue weighted by molar-refractivity contribution is 7.17. The molecule has 8 heteroatoms. The average Bonchev–Trinajstić information content (AvgIpc) is 3.34. The third-order valence-electron chi connectivity index (χ3n) is 3.87. The van der Waals surface area contributed by atoms with Gasteiger partial charge in [0.25, 0.3) is 0 Å². The number of nitrogens with zero attached hydrogens (tertiary/aromatic N) is 1. The molecule has 0 aliphatic carbocycles. The Morgan fingerprint density at radius 3 is 2.64 bits per heavy atom. The van der Waals surface area contributed by atoms with Crippen molar-refractivity contribution in [1.82, 2.24) is 4.90 Å². The highest BCUT2D eigenvalue weighted by Gasteiger charge is 2.28. The molecule has 2 aromatic heterocycles. The van der Waals surface area contributed by atoms with Gasteiger partial charge in [0.05, 0.1) is 6.61 Å². The van der Waals surface area contributed by atoms with E-state index < -0.39 is 17.8 Å². The van der Waals surface area contributed by atoms with Crippen molar-refractivity contribution in [2.24, 2.45) is 0 Å². The zero-order valence-corrected chi connectivity index (χ0v) is 15.4. The normalized spacial score (nSPS) is 13.7. The summed E-state index contributed by atoms with van der Waals surface area (Å²) in [5, 5.41) is 6.66. The number of rotatable bonds is 4. The molecule has 2 amide bonds. The topological polar surface area (TPSA) is 75.7 Å². The summed E-state index contributed by atoms with van der Waals surface area (Å²) in [6.45, 7) is 3.16. The summed E-state index contributed by atoms with van der Waals surface area (Å²) >= 11 is 2.72. The predicted molar refractivity (Wildman–Crippen MR) is 98.0 cm³/mol. The lowest BCUT2D eigenvalue weighted by Crippen LogP contribution is -2.37. The molecular weight excluding hydrogens is 360 g/mol. The van der Waals surface area contributed by atoms with Gasteiger partial charge in [-0.3, -0.25) is 9.59 Å². The first-order valence-corrected chi connectivity index (χ1v) is 9.80. The number of carbonyl (C=O) groups excluding carboxylic acids is 3. The molecule has 132 valence electrons. The molecule has 0 atom stereocenters.